The molecule has 0 saturated carbocycles. The van der Waals surface area contributed by atoms with Crippen LogP contribution in [-0.4, -0.2) is 36.7 Å². The Hall–Kier alpha value is -0.690. The molecule has 2 unspecified atom stereocenters. The number of nitrogens with zero attached hydrogens (tertiary/aromatic N) is 1. The van der Waals surface area contributed by atoms with Crippen molar-refractivity contribution in [2.45, 2.75) is 19.4 Å². The van der Waals surface area contributed by atoms with Gasteiger partial charge in [0.25, 0.3) is 0 Å². The molecule has 2 rings (SSSR count). The van der Waals surface area contributed by atoms with Gasteiger partial charge in [-0.3, -0.25) is 4.79 Å². The van der Waals surface area contributed by atoms with Gasteiger partial charge in [-0.2, -0.15) is 0 Å². The number of anilines is 1. The lowest BCUT2D eigenvalue weighted by Gasteiger charge is -2.18. The molecule has 110 valence electrons. The lowest BCUT2D eigenvalue weighted by atomic mass is 10.0. The third-order valence-electron chi connectivity index (χ3n) is 3.14. The first-order valence-corrected chi connectivity index (χ1v) is 7.72. The number of rotatable bonds is 5. The fraction of sp³-hybridized carbons (Fsp3) is 0.538. The molecule has 1 amide bonds. The third kappa shape index (κ3) is 3.91. The van der Waals surface area contributed by atoms with Gasteiger partial charge in [-0.1, -0.05) is 18.5 Å². The lowest BCUT2D eigenvalue weighted by molar-refractivity contribution is -0.120. The fourth-order valence-corrected chi connectivity index (χ4v) is 2.52. The van der Waals surface area contributed by atoms with Crippen LogP contribution >= 0.6 is 27.5 Å². The first-order valence-electron chi connectivity index (χ1n) is 6.55. The van der Waals surface area contributed by atoms with Crippen LogP contribution in [0.25, 0.3) is 0 Å². The third-order valence-corrected chi connectivity index (χ3v) is 4.27. The van der Waals surface area contributed by atoms with Gasteiger partial charge in [-0.15, -0.1) is 0 Å². The van der Waals surface area contributed by atoms with Crippen molar-refractivity contribution >= 4 is 39.1 Å². The van der Waals surface area contributed by atoms with Gasteiger partial charge in [0.05, 0.1) is 35.5 Å². The van der Waals surface area contributed by atoms with Gasteiger partial charge < -0.3 is 15.4 Å². The summed E-state index contributed by atoms with van der Waals surface area (Å²) in [5.74, 6) is -0.247. The average Bonchev–Trinajstić information content (AvgIpc) is 2.89. The Kier molecular flexibility index (Phi) is 5.77. The van der Waals surface area contributed by atoms with Gasteiger partial charge in [0, 0.05) is 6.04 Å². The van der Waals surface area contributed by atoms with Crippen molar-refractivity contribution in [2.24, 2.45) is 5.92 Å². The zero-order valence-corrected chi connectivity index (χ0v) is 13.5. The van der Waals surface area contributed by atoms with Crippen molar-refractivity contribution in [1.82, 2.24) is 10.3 Å². The van der Waals surface area contributed by atoms with Crippen LogP contribution in [0.4, 0.5) is 5.69 Å². The molecule has 0 radical (unpaired) electrons. The number of carbonyl (C=O) groups excluding carboxylic acids is 1. The van der Waals surface area contributed by atoms with Crippen molar-refractivity contribution in [3.63, 3.8) is 0 Å². The highest BCUT2D eigenvalue weighted by Gasteiger charge is 2.33. The number of amides is 1. The van der Waals surface area contributed by atoms with E-state index in [1.165, 1.54) is 6.20 Å². The molecule has 0 spiro atoms. The Bertz CT molecular complexity index is 487. The molecule has 1 fully saturated rings. The molecule has 1 saturated heterocycles. The topological polar surface area (TPSA) is 63.2 Å². The molecule has 7 heteroatoms. The van der Waals surface area contributed by atoms with Gasteiger partial charge >= 0.3 is 0 Å². The normalized spacial score (nSPS) is 21.9. The number of pyridine rings is 1. The summed E-state index contributed by atoms with van der Waals surface area (Å²) in [6.45, 7) is 3.98. The van der Waals surface area contributed by atoms with E-state index in [0.29, 0.717) is 28.5 Å². The SMILES string of the molecule is CCCNC1COCC1C(=O)Nc1cnc(Cl)c(Br)c1. The standard InChI is InChI=1S/C13H17BrClN3O2/c1-2-3-16-11-7-20-6-9(11)13(19)18-8-4-10(14)12(15)17-5-8/h4-5,9,11,16H,2-3,6-7H2,1H3,(H,18,19). The van der Waals surface area contributed by atoms with Crippen molar-refractivity contribution in [3.8, 4) is 0 Å². The summed E-state index contributed by atoms with van der Waals surface area (Å²) in [4.78, 5) is 16.3. The summed E-state index contributed by atoms with van der Waals surface area (Å²) in [5, 5.41) is 6.56. The van der Waals surface area contributed by atoms with Crippen molar-refractivity contribution in [1.29, 1.82) is 0 Å². The Balaban J connectivity index is 1.98. The van der Waals surface area contributed by atoms with Gasteiger partial charge in [0.1, 0.15) is 5.15 Å². The smallest absolute Gasteiger partial charge is 0.231 e. The van der Waals surface area contributed by atoms with E-state index in [-0.39, 0.29) is 17.9 Å². The van der Waals surface area contributed by atoms with Crippen molar-refractivity contribution in [2.75, 3.05) is 25.1 Å². The predicted octanol–water partition coefficient (Wildman–Crippen LogP) is 2.45. The van der Waals surface area contributed by atoms with E-state index in [1.54, 1.807) is 6.07 Å². The second-order valence-corrected chi connectivity index (χ2v) is 5.90. The maximum atomic E-state index is 12.3. The molecule has 2 heterocycles. The predicted molar refractivity (Wildman–Crippen MR) is 82.0 cm³/mol. The van der Waals surface area contributed by atoms with E-state index in [4.69, 9.17) is 16.3 Å². The highest BCUT2D eigenvalue weighted by Crippen LogP contribution is 2.24. The molecule has 0 bridgehead atoms. The molecule has 2 atom stereocenters. The van der Waals surface area contributed by atoms with E-state index in [0.717, 1.165) is 13.0 Å². The van der Waals surface area contributed by atoms with Crippen LogP contribution in [0.5, 0.6) is 0 Å². The summed E-state index contributed by atoms with van der Waals surface area (Å²) in [6.07, 6.45) is 2.56. The minimum Gasteiger partial charge on any atom is -0.379 e. The van der Waals surface area contributed by atoms with Crippen molar-refractivity contribution in [3.05, 3.63) is 21.9 Å². The number of hydrogen-bond acceptors (Lipinski definition) is 4. The van der Waals surface area contributed by atoms with Gasteiger partial charge in [0.15, 0.2) is 0 Å². The molecule has 1 aliphatic rings. The number of halogens is 2. The summed E-state index contributed by atoms with van der Waals surface area (Å²) in [5.41, 5.74) is 0.618. The van der Waals surface area contributed by atoms with Crippen LogP contribution in [0, 0.1) is 5.92 Å². The second-order valence-electron chi connectivity index (χ2n) is 4.69. The first kappa shape index (κ1) is 15.7. The Morgan fingerprint density at radius 1 is 1.60 bits per heavy atom. The minimum atomic E-state index is -0.184. The molecule has 0 aromatic carbocycles. The molecule has 5 nitrogen and oxygen atoms in total. The molecule has 1 aromatic heterocycles. The number of carbonyl (C=O) groups is 1. The van der Waals surface area contributed by atoms with Crippen LogP contribution in [-0.2, 0) is 9.53 Å². The molecular formula is C13H17BrClN3O2. The minimum absolute atomic E-state index is 0.0628. The molecule has 20 heavy (non-hydrogen) atoms. The van der Waals surface area contributed by atoms with E-state index in [1.807, 2.05) is 0 Å². The highest BCUT2D eigenvalue weighted by molar-refractivity contribution is 9.10. The van der Waals surface area contributed by atoms with E-state index in [9.17, 15) is 4.79 Å². The summed E-state index contributed by atoms with van der Waals surface area (Å²) in [6, 6.07) is 1.80. The highest BCUT2D eigenvalue weighted by atomic mass is 79.9. The Morgan fingerprint density at radius 3 is 3.10 bits per heavy atom. The molecule has 2 N–H and O–H groups in total. The van der Waals surface area contributed by atoms with Gasteiger partial charge in [-0.05, 0) is 35.0 Å². The maximum Gasteiger partial charge on any atom is 0.231 e. The largest absolute Gasteiger partial charge is 0.379 e. The van der Waals surface area contributed by atoms with Crippen LogP contribution in [0.2, 0.25) is 5.15 Å². The first-order chi connectivity index (χ1) is 9.61. The maximum absolute atomic E-state index is 12.3. The zero-order chi connectivity index (χ0) is 14.5. The van der Waals surface area contributed by atoms with Crippen LogP contribution < -0.4 is 10.6 Å². The van der Waals surface area contributed by atoms with Crippen LogP contribution in [0.15, 0.2) is 16.7 Å². The number of hydrogen-bond donors (Lipinski definition) is 2. The van der Waals surface area contributed by atoms with Crippen molar-refractivity contribution < 1.29 is 9.53 Å². The number of aromatic nitrogens is 1. The fourth-order valence-electron chi connectivity index (χ4n) is 2.07. The van der Waals surface area contributed by atoms with Crippen LogP contribution in [0.1, 0.15) is 13.3 Å². The summed E-state index contributed by atoms with van der Waals surface area (Å²) in [7, 11) is 0. The van der Waals surface area contributed by atoms with E-state index < -0.39 is 0 Å². The van der Waals surface area contributed by atoms with Gasteiger partial charge in [0.2, 0.25) is 5.91 Å². The average molecular weight is 363 g/mol. The molecule has 1 aromatic rings. The number of nitrogens with one attached hydrogen (secondary N) is 2. The quantitative estimate of drug-likeness (QED) is 0.790. The Labute approximate surface area is 131 Å². The van der Waals surface area contributed by atoms with E-state index >= 15 is 0 Å². The Morgan fingerprint density at radius 2 is 2.40 bits per heavy atom. The zero-order valence-electron chi connectivity index (χ0n) is 11.2. The monoisotopic (exact) mass is 361 g/mol. The number of ether oxygens (including phenoxy) is 1. The second kappa shape index (κ2) is 7.36. The molecule has 1 aliphatic heterocycles. The van der Waals surface area contributed by atoms with Gasteiger partial charge in [-0.25, -0.2) is 4.98 Å². The molecular weight excluding hydrogens is 346 g/mol. The summed E-state index contributed by atoms with van der Waals surface area (Å²) >= 11 is 9.11. The van der Waals surface area contributed by atoms with Crippen LogP contribution in [0.3, 0.4) is 0 Å². The molecule has 0 aliphatic carbocycles. The summed E-state index contributed by atoms with van der Waals surface area (Å²) < 4.78 is 6.05. The van der Waals surface area contributed by atoms with E-state index in [2.05, 4.69) is 38.5 Å². The lowest BCUT2D eigenvalue weighted by Crippen LogP contribution is -2.41.